The summed E-state index contributed by atoms with van der Waals surface area (Å²) in [4.78, 5) is 37.1. The van der Waals surface area contributed by atoms with Crippen LogP contribution in [0.5, 0.6) is 0 Å². The van der Waals surface area contributed by atoms with E-state index in [1.165, 1.54) is 0 Å². The zero-order valence-electron chi connectivity index (χ0n) is 12.3. The molecule has 1 aliphatic heterocycles. The van der Waals surface area contributed by atoms with Crippen LogP contribution in [0, 0.1) is 23.7 Å². The Morgan fingerprint density at radius 2 is 1.65 bits per heavy atom. The molecular weight excluding hydrogens is 296 g/mol. The Kier molecular flexibility index (Phi) is 3.09. The normalized spacial score (nSPS) is 32.3. The molecule has 118 valence electrons. The van der Waals surface area contributed by atoms with E-state index in [1.54, 1.807) is 30.3 Å². The molecule has 2 N–H and O–H groups in total. The number of fused-ring (bicyclic) bond motifs is 5. The minimum absolute atomic E-state index is 0.0856. The van der Waals surface area contributed by atoms with Crippen molar-refractivity contribution in [3.05, 3.63) is 48.0 Å². The van der Waals surface area contributed by atoms with Gasteiger partial charge in [-0.05, 0) is 23.8 Å². The van der Waals surface area contributed by atoms with Crippen molar-refractivity contribution in [3.8, 4) is 0 Å². The van der Waals surface area contributed by atoms with Gasteiger partial charge in [-0.2, -0.15) is 5.01 Å². The smallest absolute Gasteiger partial charge is 0.272 e. The third kappa shape index (κ3) is 2.02. The molecule has 2 fully saturated rings. The summed E-state index contributed by atoms with van der Waals surface area (Å²) in [6.45, 7) is 0. The number of hydrazine groups is 1. The molecule has 1 saturated heterocycles. The summed E-state index contributed by atoms with van der Waals surface area (Å²) in [6.07, 6.45) is 3.39. The Morgan fingerprint density at radius 3 is 2.22 bits per heavy atom. The van der Waals surface area contributed by atoms with Crippen LogP contribution in [-0.2, 0) is 14.4 Å². The number of rotatable bonds is 3. The first-order valence-electron chi connectivity index (χ1n) is 7.67. The fourth-order valence-corrected chi connectivity index (χ4v) is 3.97. The van der Waals surface area contributed by atoms with Crippen LogP contribution >= 0.6 is 0 Å². The van der Waals surface area contributed by atoms with Crippen LogP contribution in [-0.4, -0.2) is 27.8 Å². The second-order valence-electron chi connectivity index (χ2n) is 6.30. The quantitative estimate of drug-likeness (QED) is 0.631. The maximum absolute atomic E-state index is 12.5. The zero-order chi connectivity index (χ0) is 16.1. The lowest BCUT2D eigenvalue weighted by atomic mass is 9.85. The summed E-state index contributed by atoms with van der Waals surface area (Å²) in [5, 5.41) is 10.9. The number of allylic oxidation sites excluding steroid dienone is 2. The lowest BCUT2D eigenvalue weighted by Crippen LogP contribution is -2.49. The van der Waals surface area contributed by atoms with Crippen molar-refractivity contribution >= 4 is 17.7 Å². The predicted molar refractivity (Wildman–Crippen MR) is 79.1 cm³/mol. The first kappa shape index (κ1) is 14.1. The fourth-order valence-electron chi connectivity index (χ4n) is 3.97. The van der Waals surface area contributed by atoms with Crippen molar-refractivity contribution in [2.75, 3.05) is 0 Å². The van der Waals surface area contributed by atoms with Crippen LogP contribution in [0.25, 0.3) is 0 Å². The molecule has 5 atom stereocenters. The van der Waals surface area contributed by atoms with Gasteiger partial charge < -0.3 is 5.11 Å². The molecule has 3 amide bonds. The lowest BCUT2D eigenvalue weighted by Gasteiger charge is -2.20. The van der Waals surface area contributed by atoms with E-state index in [9.17, 15) is 19.5 Å². The molecular formula is C17H16N2O4. The van der Waals surface area contributed by atoms with Crippen LogP contribution in [0.1, 0.15) is 18.1 Å². The Labute approximate surface area is 132 Å². The van der Waals surface area contributed by atoms with Crippen LogP contribution in [0.4, 0.5) is 0 Å². The lowest BCUT2D eigenvalue weighted by molar-refractivity contribution is -0.152. The van der Waals surface area contributed by atoms with Crippen LogP contribution < -0.4 is 5.43 Å². The van der Waals surface area contributed by atoms with Crippen molar-refractivity contribution < 1.29 is 19.5 Å². The maximum atomic E-state index is 12.5. The number of aliphatic hydroxyl groups excluding tert-OH is 1. The van der Waals surface area contributed by atoms with Crippen molar-refractivity contribution in [2.45, 2.75) is 12.5 Å². The van der Waals surface area contributed by atoms with E-state index in [4.69, 9.17) is 0 Å². The third-order valence-electron chi connectivity index (χ3n) is 5.06. The number of imide groups is 1. The van der Waals surface area contributed by atoms with E-state index in [2.05, 4.69) is 5.43 Å². The van der Waals surface area contributed by atoms with Gasteiger partial charge in [0.1, 0.15) is 0 Å². The summed E-state index contributed by atoms with van der Waals surface area (Å²) in [7, 11) is 0. The molecule has 3 aliphatic rings. The Balaban J connectivity index is 1.51. The minimum atomic E-state index is -1.42. The highest BCUT2D eigenvalue weighted by molar-refractivity contribution is 6.07. The second kappa shape index (κ2) is 5.03. The van der Waals surface area contributed by atoms with E-state index >= 15 is 0 Å². The molecule has 4 rings (SSSR count). The van der Waals surface area contributed by atoms with Gasteiger partial charge in [0.25, 0.3) is 17.7 Å². The summed E-state index contributed by atoms with van der Waals surface area (Å²) < 4.78 is 0. The highest BCUT2D eigenvalue weighted by Crippen LogP contribution is 2.52. The number of benzene rings is 1. The predicted octanol–water partition coefficient (Wildman–Crippen LogP) is 0.558. The van der Waals surface area contributed by atoms with Crippen molar-refractivity contribution in [3.63, 3.8) is 0 Å². The van der Waals surface area contributed by atoms with Crippen LogP contribution in [0.15, 0.2) is 42.5 Å². The molecule has 0 aromatic heterocycles. The van der Waals surface area contributed by atoms with Gasteiger partial charge in [0.2, 0.25) is 0 Å². The molecule has 0 spiro atoms. The van der Waals surface area contributed by atoms with E-state index in [0.29, 0.717) is 5.56 Å². The Bertz CT molecular complexity index is 685. The monoisotopic (exact) mass is 312 g/mol. The van der Waals surface area contributed by atoms with E-state index in [0.717, 1.165) is 11.4 Å². The molecule has 1 heterocycles. The van der Waals surface area contributed by atoms with Crippen molar-refractivity contribution in [1.82, 2.24) is 10.4 Å². The Hall–Kier alpha value is -2.47. The Morgan fingerprint density at radius 1 is 1.09 bits per heavy atom. The van der Waals surface area contributed by atoms with Gasteiger partial charge >= 0.3 is 0 Å². The number of carbonyl (C=O) groups excluding carboxylic acids is 3. The third-order valence-corrected chi connectivity index (χ3v) is 5.06. The first-order valence-corrected chi connectivity index (χ1v) is 7.67. The van der Waals surface area contributed by atoms with Gasteiger partial charge in [-0.1, -0.05) is 42.5 Å². The summed E-state index contributed by atoms with van der Waals surface area (Å²) in [5.74, 6) is -2.09. The molecule has 2 aliphatic carbocycles. The molecule has 2 bridgehead atoms. The number of carbonyl (C=O) groups is 3. The number of nitrogens with zero attached hydrogens (tertiary/aromatic N) is 1. The van der Waals surface area contributed by atoms with Gasteiger partial charge in [-0.3, -0.25) is 19.8 Å². The topological polar surface area (TPSA) is 86.7 Å². The van der Waals surface area contributed by atoms with Crippen LogP contribution in [0.3, 0.4) is 0 Å². The van der Waals surface area contributed by atoms with Crippen molar-refractivity contribution in [2.24, 2.45) is 23.7 Å². The van der Waals surface area contributed by atoms with Gasteiger partial charge in [0.15, 0.2) is 6.10 Å². The molecule has 6 nitrogen and oxygen atoms in total. The zero-order valence-corrected chi connectivity index (χ0v) is 12.3. The van der Waals surface area contributed by atoms with Crippen molar-refractivity contribution in [1.29, 1.82) is 0 Å². The standard InChI is InChI=1S/C17H16N2O4/c20-14(9-4-2-1-3-5-9)15(21)18-19-16(22)12-10-6-7-11(8-10)13(12)17(19)23/h1-7,10-14,20H,8H2,(H,18,21)/t10-,11+,12-,13+,14-/m0/s1. The van der Waals surface area contributed by atoms with Gasteiger partial charge in [0, 0.05) is 0 Å². The average Bonchev–Trinajstić information content (AvgIpc) is 3.24. The van der Waals surface area contributed by atoms with Gasteiger partial charge in [-0.25, -0.2) is 0 Å². The van der Waals surface area contributed by atoms with E-state index in [-0.39, 0.29) is 35.5 Å². The molecule has 6 heteroatoms. The maximum Gasteiger partial charge on any atom is 0.272 e. The molecule has 0 unspecified atom stereocenters. The average molecular weight is 312 g/mol. The molecule has 1 saturated carbocycles. The molecule has 23 heavy (non-hydrogen) atoms. The van der Waals surface area contributed by atoms with E-state index in [1.807, 2.05) is 12.2 Å². The summed E-state index contributed by atoms with van der Waals surface area (Å²) in [5.41, 5.74) is 2.70. The van der Waals surface area contributed by atoms with Gasteiger partial charge in [0.05, 0.1) is 11.8 Å². The molecule has 1 aromatic carbocycles. The molecule has 0 radical (unpaired) electrons. The fraction of sp³-hybridized carbons (Fsp3) is 0.353. The van der Waals surface area contributed by atoms with E-state index < -0.39 is 12.0 Å². The highest BCUT2D eigenvalue weighted by atomic mass is 16.3. The van der Waals surface area contributed by atoms with Crippen LogP contribution in [0.2, 0.25) is 0 Å². The molecule has 1 aromatic rings. The first-order chi connectivity index (χ1) is 11.1. The van der Waals surface area contributed by atoms with Gasteiger partial charge in [-0.15, -0.1) is 0 Å². The number of hydrogen-bond donors (Lipinski definition) is 2. The summed E-state index contributed by atoms with van der Waals surface area (Å²) in [6, 6.07) is 8.39. The number of hydrogen-bond acceptors (Lipinski definition) is 4. The highest BCUT2D eigenvalue weighted by Gasteiger charge is 2.59. The SMILES string of the molecule is O=C(NN1C(=O)[C@@H]2[C@H](C1=O)[C@@H]1C=C[C@H]2C1)[C@@H](O)c1ccccc1. The largest absolute Gasteiger partial charge is 0.378 e. The number of nitrogens with one attached hydrogen (secondary N) is 1. The number of aliphatic hydroxyl groups is 1. The summed E-state index contributed by atoms with van der Waals surface area (Å²) >= 11 is 0. The minimum Gasteiger partial charge on any atom is -0.378 e. The second-order valence-corrected chi connectivity index (χ2v) is 6.30. The number of amides is 3.